The van der Waals surface area contributed by atoms with E-state index >= 15 is 0 Å². The van der Waals surface area contributed by atoms with E-state index in [2.05, 4.69) is 31.0 Å². The van der Waals surface area contributed by atoms with Crippen molar-refractivity contribution in [3.8, 4) is 11.8 Å². The number of hydrogen-bond acceptors (Lipinski definition) is 2. The van der Waals surface area contributed by atoms with E-state index in [0.29, 0.717) is 31.3 Å². The molecule has 0 aromatic rings. The van der Waals surface area contributed by atoms with Gasteiger partial charge in [0.25, 0.3) is 0 Å². The van der Waals surface area contributed by atoms with E-state index in [1.54, 1.807) is 6.92 Å². The second-order valence-electron chi connectivity index (χ2n) is 4.14. The minimum absolute atomic E-state index is 0.0499. The zero-order valence-corrected chi connectivity index (χ0v) is 9.97. The number of rotatable bonds is 6. The third-order valence-corrected chi connectivity index (χ3v) is 2.16. The number of nitrogens with two attached hydrogens (primary N) is 1. The van der Waals surface area contributed by atoms with E-state index in [0.717, 1.165) is 6.42 Å². The van der Waals surface area contributed by atoms with Crippen LogP contribution in [0, 0.1) is 23.7 Å². The molecule has 0 aliphatic heterocycles. The summed E-state index contributed by atoms with van der Waals surface area (Å²) in [6.45, 7) is 7.05. The summed E-state index contributed by atoms with van der Waals surface area (Å²) >= 11 is 0. The van der Waals surface area contributed by atoms with Crippen LogP contribution in [0.5, 0.6) is 0 Å². The van der Waals surface area contributed by atoms with Crippen LogP contribution in [0.4, 0.5) is 0 Å². The molecule has 0 rings (SSSR count). The summed E-state index contributed by atoms with van der Waals surface area (Å²) in [6, 6.07) is 0. The normalized spacial score (nSPS) is 11.8. The summed E-state index contributed by atoms with van der Waals surface area (Å²) in [6.07, 6.45) is 1.52. The van der Waals surface area contributed by atoms with Crippen LogP contribution in [0.25, 0.3) is 0 Å². The molecule has 15 heavy (non-hydrogen) atoms. The summed E-state index contributed by atoms with van der Waals surface area (Å²) in [4.78, 5) is 11.4. The predicted octanol–water partition coefficient (Wildman–Crippen LogP) is 1.14. The Morgan fingerprint density at radius 1 is 1.47 bits per heavy atom. The SMILES string of the molecule is CC#CCNC(=O)CC(CN)CC(C)C. The standard InChI is InChI=1S/C12H22N2O/c1-4-5-6-14-12(15)8-11(9-13)7-10(2)3/h10-11H,6-9,13H2,1-3H3,(H,14,15). The van der Waals surface area contributed by atoms with Gasteiger partial charge in [0.05, 0.1) is 6.54 Å². The molecule has 0 aromatic carbocycles. The summed E-state index contributed by atoms with van der Waals surface area (Å²) < 4.78 is 0. The lowest BCUT2D eigenvalue weighted by atomic mass is 9.94. The first-order valence-electron chi connectivity index (χ1n) is 5.46. The Labute approximate surface area is 92.8 Å². The van der Waals surface area contributed by atoms with Gasteiger partial charge in [-0.25, -0.2) is 0 Å². The van der Waals surface area contributed by atoms with Crippen LogP contribution in [0.3, 0.4) is 0 Å². The fourth-order valence-electron chi connectivity index (χ4n) is 1.50. The van der Waals surface area contributed by atoms with Crippen molar-refractivity contribution < 1.29 is 4.79 Å². The van der Waals surface area contributed by atoms with Crippen LogP contribution in [-0.2, 0) is 4.79 Å². The van der Waals surface area contributed by atoms with E-state index in [4.69, 9.17) is 5.73 Å². The summed E-state index contributed by atoms with van der Waals surface area (Å²) in [5, 5.41) is 2.75. The van der Waals surface area contributed by atoms with E-state index < -0.39 is 0 Å². The van der Waals surface area contributed by atoms with Crippen molar-refractivity contribution in [3.05, 3.63) is 0 Å². The third-order valence-electron chi connectivity index (χ3n) is 2.16. The zero-order valence-electron chi connectivity index (χ0n) is 9.97. The monoisotopic (exact) mass is 210 g/mol. The first-order valence-corrected chi connectivity index (χ1v) is 5.46. The molecular weight excluding hydrogens is 188 g/mol. The highest BCUT2D eigenvalue weighted by atomic mass is 16.1. The lowest BCUT2D eigenvalue weighted by Crippen LogP contribution is -2.29. The number of hydrogen-bond donors (Lipinski definition) is 2. The summed E-state index contributed by atoms with van der Waals surface area (Å²) in [5.74, 6) is 6.46. The van der Waals surface area contributed by atoms with Crippen LogP contribution in [0.15, 0.2) is 0 Å². The molecule has 3 nitrogen and oxygen atoms in total. The predicted molar refractivity (Wildman–Crippen MR) is 63.1 cm³/mol. The topological polar surface area (TPSA) is 55.1 Å². The van der Waals surface area contributed by atoms with Crippen LogP contribution in [0.1, 0.15) is 33.6 Å². The van der Waals surface area contributed by atoms with Gasteiger partial charge in [0.2, 0.25) is 5.91 Å². The second kappa shape index (κ2) is 8.31. The largest absolute Gasteiger partial charge is 0.345 e. The van der Waals surface area contributed by atoms with Gasteiger partial charge in [0.1, 0.15) is 0 Å². The molecule has 86 valence electrons. The minimum atomic E-state index is 0.0499. The molecule has 0 bridgehead atoms. The Hall–Kier alpha value is -1.01. The highest BCUT2D eigenvalue weighted by molar-refractivity contribution is 5.76. The van der Waals surface area contributed by atoms with Crippen molar-refractivity contribution >= 4 is 5.91 Å². The van der Waals surface area contributed by atoms with Crippen molar-refractivity contribution in [2.75, 3.05) is 13.1 Å². The van der Waals surface area contributed by atoms with E-state index in [-0.39, 0.29) is 5.91 Å². The number of carbonyl (C=O) groups is 1. The Morgan fingerprint density at radius 3 is 2.60 bits per heavy atom. The van der Waals surface area contributed by atoms with Crippen LogP contribution >= 0.6 is 0 Å². The van der Waals surface area contributed by atoms with E-state index in [1.165, 1.54) is 0 Å². The van der Waals surface area contributed by atoms with Crippen LogP contribution in [0.2, 0.25) is 0 Å². The molecule has 3 heteroatoms. The molecule has 0 saturated heterocycles. The molecule has 0 saturated carbocycles. The number of carbonyl (C=O) groups excluding carboxylic acids is 1. The molecule has 1 unspecified atom stereocenters. The molecule has 0 aliphatic carbocycles. The molecule has 0 radical (unpaired) electrons. The highest BCUT2D eigenvalue weighted by Crippen LogP contribution is 2.13. The summed E-state index contributed by atoms with van der Waals surface area (Å²) in [7, 11) is 0. The Morgan fingerprint density at radius 2 is 2.13 bits per heavy atom. The first kappa shape index (κ1) is 14.0. The van der Waals surface area contributed by atoms with Crippen molar-refractivity contribution in [3.63, 3.8) is 0 Å². The van der Waals surface area contributed by atoms with Crippen molar-refractivity contribution in [2.24, 2.45) is 17.6 Å². The van der Waals surface area contributed by atoms with Crippen molar-refractivity contribution in [1.82, 2.24) is 5.32 Å². The van der Waals surface area contributed by atoms with Gasteiger partial charge in [-0.15, -0.1) is 5.92 Å². The summed E-state index contributed by atoms with van der Waals surface area (Å²) in [5.41, 5.74) is 5.62. The van der Waals surface area contributed by atoms with Crippen molar-refractivity contribution in [2.45, 2.75) is 33.6 Å². The van der Waals surface area contributed by atoms with Gasteiger partial charge >= 0.3 is 0 Å². The number of nitrogens with one attached hydrogen (secondary N) is 1. The maximum absolute atomic E-state index is 11.4. The Bertz CT molecular complexity index is 238. The number of amides is 1. The van der Waals surface area contributed by atoms with Gasteiger partial charge in [0, 0.05) is 6.42 Å². The van der Waals surface area contributed by atoms with Crippen LogP contribution in [-0.4, -0.2) is 19.0 Å². The lowest BCUT2D eigenvalue weighted by Gasteiger charge is -2.15. The molecular formula is C12H22N2O. The van der Waals surface area contributed by atoms with Gasteiger partial charge in [-0.3, -0.25) is 4.79 Å². The quantitative estimate of drug-likeness (QED) is 0.646. The maximum atomic E-state index is 11.4. The van der Waals surface area contributed by atoms with Gasteiger partial charge < -0.3 is 11.1 Å². The highest BCUT2D eigenvalue weighted by Gasteiger charge is 2.13. The van der Waals surface area contributed by atoms with Crippen LogP contribution < -0.4 is 11.1 Å². The lowest BCUT2D eigenvalue weighted by molar-refractivity contribution is -0.121. The van der Waals surface area contributed by atoms with E-state index in [1.807, 2.05) is 0 Å². The fourth-order valence-corrected chi connectivity index (χ4v) is 1.50. The molecule has 0 heterocycles. The average molecular weight is 210 g/mol. The molecule has 0 aliphatic rings. The third kappa shape index (κ3) is 8.02. The van der Waals surface area contributed by atoms with E-state index in [9.17, 15) is 4.79 Å². The molecule has 3 N–H and O–H groups in total. The first-order chi connectivity index (χ1) is 7.10. The van der Waals surface area contributed by atoms with Gasteiger partial charge in [-0.2, -0.15) is 0 Å². The van der Waals surface area contributed by atoms with Gasteiger partial charge in [-0.1, -0.05) is 19.8 Å². The van der Waals surface area contributed by atoms with Crippen molar-refractivity contribution in [1.29, 1.82) is 0 Å². The fraction of sp³-hybridized carbons (Fsp3) is 0.750. The Balaban J connectivity index is 3.83. The average Bonchev–Trinajstić information content (AvgIpc) is 2.16. The second-order valence-corrected chi connectivity index (χ2v) is 4.14. The minimum Gasteiger partial charge on any atom is -0.345 e. The van der Waals surface area contributed by atoms with Gasteiger partial charge in [-0.05, 0) is 31.7 Å². The molecule has 0 spiro atoms. The molecule has 0 fully saturated rings. The maximum Gasteiger partial charge on any atom is 0.221 e. The molecule has 1 amide bonds. The smallest absolute Gasteiger partial charge is 0.221 e. The zero-order chi connectivity index (χ0) is 11.7. The Kier molecular flexibility index (Phi) is 7.75. The molecule has 1 atom stereocenters. The van der Waals surface area contributed by atoms with Gasteiger partial charge in [0.15, 0.2) is 0 Å². The molecule has 0 aromatic heterocycles.